The topological polar surface area (TPSA) is 68.5 Å². The van der Waals surface area contributed by atoms with Crippen molar-refractivity contribution >= 4 is 23.5 Å². The van der Waals surface area contributed by atoms with E-state index in [0.717, 1.165) is 5.56 Å². The molecule has 0 fully saturated rings. The Morgan fingerprint density at radius 1 is 1.00 bits per heavy atom. The van der Waals surface area contributed by atoms with Gasteiger partial charge in [0.15, 0.2) is 0 Å². The zero-order chi connectivity index (χ0) is 18.4. The van der Waals surface area contributed by atoms with E-state index in [1.165, 1.54) is 12.3 Å². The first-order valence-corrected chi connectivity index (χ1v) is 8.33. The molecule has 0 aliphatic heterocycles. The number of halogens is 1. The van der Waals surface area contributed by atoms with Gasteiger partial charge in [-0.3, -0.25) is 4.79 Å². The number of carbonyl (C=O) groups excluding carboxylic acids is 2. The van der Waals surface area contributed by atoms with Gasteiger partial charge in [0.25, 0.3) is 5.91 Å². The van der Waals surface area contributed by atoms with Crippen LogP contribution in [0.5, 0.6) is 0 Å². The summed E-state index contributed by atoms with van der Waals surface area (Å²) in [4.78, 5) is 24.9. The van der Waals surface area contributed by atoms with Crippen LogP contribution in [-0.4, -0.2) is 11.9 Å². The van der Waals surface area contributed by atoms with E-state index < -0.39 is 18.0 Å². The number of amides is 1. The Morgan fingerprint density at radius 2 is 1.73 bits per heavy atom. The van der Waals surface area contributed by atoms with Crippen molar-refractivity contribution in [3.8, 4) is 0 Å². The molecule has 1 atom stereocenters. The highest BCUT2D eigenvalue weighted by atomic mass is 35.5. The van der Waals surface area contributed by atoms with Crippen LogP contribution in [0.25, 0.3) is 0 Å². The minimum absolute atomic E-state index is 0.0276. The fourth-order valence-corrected chi connectivity index (χ4v) is 2.47. The van der Waals surface area contributed by atoms with Crippen molar-refractivity contribution in [1.82, 2.24) is 5.32 Å². The van der Waals surface area contributed by atoms with Gasteiger partial charge in [-0.15, -0.1) is 0 Å². The van der Waals surface area contributed by atoms with Crippen LogP contribution in [0.1, 0.15) is 27.8 Å². The highest BCUT2D eigenvalue weighted by Gasteiger charge is 2.26. The van der Waals surface area contributed by atoms with Gasteiger partial charge >= 0.3 is 5.97 Å². The van der Waals surface area contributed by atoms with Crippen molar-refractivity contribution in [3.63, 3.8) is 0 Å². The molecule has 0 unspecified atom stereocenters. The molecule has 3 rings (SSSR count). The third-order valence-corrected chi connectivity index (χ3v) is 3.92. The van der Waals surface area contributed by atoms with Crippen LogP contribution in [0.15, 0.2) is 77.4 Å². The van der Waals surface area contributed by atoms with Crippen molar-refractivity contribution in [2.24, 2.45) is 0 Å². The molecule has 3 aromatic rings. The van der Waals surface area contributed by atoms with E-state index in [1.54, 1.807) is 30.3 Å². The number of esters is 1. The van der Waals surface area contributed by atoms with Gasteiger partial charge in [0.2, 0.25) is 11.9 Å². The predicted octanol–water partition coefficient (Wildman–Crippen LogP) is 4.15. The Bertz CT molecular complexity index is 861. The first kappa shape index (κ1) is 17.8. The first-order chi connectivity index (χ1) is 12.6. The van der Waals surface area contributed by atoms with Crippen LogP contribution in [0.3, 0.4) is 0 Å². The molecule has 0 saturated carbocycles. The number of hydrogen-bond acceptors (Lipinski definition) is 4. The molecule has 1 amide bonds. The van der Waals surface area contributed by atoms with Gasteiger partial charge in [0.1, 0.15) is 0 Å². The van der Waals surface area contributed by atoms with Crippen LogP contribution in [0.2, 0.25) is 5.02 Å². The molecule has 132 valence electrons. The summed E-state index contributed by atoms with van der Waals surface area (Å²) in [5, 5.41) is 3.31. The Morgan fingerprint density at radius 3 is 2.38 bits per heavy atom. The molecule has 1 N–H and O–H groups in total. The Balaban J connectivity index is 1.76. The van der Waals surface area contributed by atoms with E-state index >= 15 is 0 Å². The molecule has 1 heterocycles. The van der Waals surface area contributed by atoms with Crippen LogP contribution in [-0.2, 0) is 16.1 Å². The van der Waals surface area contributed by atoms with Gasteiger partial charge in [0.05, 0.1) is 6.26 Å². The number of benzene rings is 2. The molecule has 0 saturated heterocycles. The zero-order valence-electron chi connectivity index (χ0n) is 13.7. The first-order valence-electron chi connectivity index (χ1n) is 7.95. The second-order valence-corrected chi connectivity index (χ2v) is 5.95. The maximum absolute atomic E-state index is 12.7. The van der Waals surface area contributed by atoms with Crippen LogP contribution in [0, 0.1) is 0 Å². The SMILES string of the molecule is O=C(O[C@H](C(=O)NCc1ccccc1)c1ccc(Cl)cc1)c1ccco1. The summed E-state index contributed by atoms with van der Waals surface area (Å²) in [5.41, 5.74) is 1.45. The summed E-state index contributed by atoms with van der Waals surface area (Å²) in [6.07, 6.45) is 0.247. The van der Waals surface area contributed by atoms with Crippen molar-refractivity contribution in [3.05, 3.63) is 94.9 Å². The Labute approximate surface area is 155 Å². The average Bonchev–Trinajstić information content (AvgIpc) is 3.21. The maximum atomic E-state index is 12.7. The highest BCUT2D eigenvalue weighted by Crippen LogP contribution is 2.22. The molecule has 2 aromatic carbocycles. The summed E-state index contributed by atoms with van der Waals surface area (Å²) in [6, 6.07) is 19.1. The highest BCUT2D eigenvalue weighted by molar-refractivity contribution is 6.30. The quantitative estimate of drug-likeness (QED) is 0.663. The van der Waals surface area contributed by atoms with Crippen LogP contribution < -0.4 is 5.32 Å². The normalized spacial score (nSPS) is 11.6. The Kier molecular flexibility index (Phi) is 5.71. The molecular weight excluding hydrogens is 354 g/mol. The summed E-state index contributed by atoms with van der Waals surface area (Å²) in [7, 11) is 0. The van der Waals surface area contributed by atoms with Crippen molar-refractivity contribution < 1.29 is 18.7 Å². The largest absolute Gasteiger partial charge is 0.457 e. The summed E-state index contributed by atoms with van der Waals surface area (Å²) < 4.78 is 10.4. The van der Waals surface area contributed by atoms with Crippen LogP contribution >= 0.6 is 11.6 Å². The second-order valence-electron chi connectivity index (χ2n) is 5.52. The lowest BCUT2D eigenvalue weighted by molar-refractivity contribution is -0.130. The van der Waals surface area contributed by atoms with Gasteiger partial charge in [-0.2, -0.15) is 0 Å². The molecule has 5 nitrogen and oxygen atoms in total. The summed E-state index contributed by atoms with van der Waals surface area (Å²) in [5.74, 6) is -1.12. The van der Waals surface area contributed by atoms with Crippen LogP contribution in [0.4, 0.5) is 0 Å². The minimum atomic E-state index is -1.12. The number of rotatable bonds is 6. The number of ether oxygens (including phenoxy) is 1. The fourth-order valence-electron chi connectivity index (χ4n) is 2.35. The molecule has 6 heteroatoms. The predicted molar refractivity (Wildman–Crippen MR) is 96.6 cm³/mol. The number of nitrogens with one attached hydrogen (secondary N) is 1. The lowest BCUT2D eigenvalue weighted by atomic mass is 10.1. The van der Waals surface area contributed by atoms with Crippen molar-refractivity contribution in [2.45, 2.75) is 12.6 Å². The standard InChI is InChI=1S/C20H16ClNO4/c21-16-10-8-15(9-11-16)18(26-20(24)17-7-4-12-25-17)19(23)22-13-14-5-2-1-3-6-14/h1-12,18H,13H2,(H,22,23)/t18-/m0/s1. The molecule has 1 aromatic heterocycles. The monoisotopic (exact) mass is 369 g/mol. The summed E-state index contributed by atoms with van der Waals surface area (Å²) >= 11 is 5.90. The van der Waals surface area contributed by atoms with Gasteiger partial charge in [-0.25, -0.2) is 4.79 Å². The lowest BCUT2D eigenvalue weighted by Gasteiger charge is -2.17. The fraction of sp³-hybridized carbons (Fsp3) is 0.100. The molecule has 0 aliphatic carbocycles. The average molecular weight is 370 g/mol. The van der Waals surface area contributed by atoms with Gasteiger partial charge in [0, 0.05) is 17.1 Å². The van der Waals surface area contributed by atoms with Gasteiger partial charge in [-0.05, 0) is 29.8 Å². The number of furan rings is 1. The number of carbonyl (C=O) groups is 2. The van der Waals surface area contributed by atoms with Gasteiger partial charge < -0.3 is 14.5 Å². The molecule has 0 radical (unpaired) electrons. The lowest BCUT2D eigenvalue weighted by Crippen LogP contribution is -2.31. The van der Waals surface area contributed by atoms with E-state index in [2.05, 4.69) is 5.32 Å². The second kappa shape index (κ2) is 8.36. The smallest absolute Gasteiger partial charge is 0.375 e. The molecule has 0 aliphatic rings. The molecule has 0 spiro atoms. The third-order valence-electron chi connectivity index (χ3n) is 3.67. The summed E-state index contributed by atoms with van der Waals surface area (Å²) in [6.45, 7) is 0.321. The van der Waals surface area contributed by atoms with Crippen molar-refractivity contribution in [1.29, 1.82) is 0 Å². The van der Waals surface area contributed by atoms with Gasteiger partial charge in [-0.1, -0.05) is 54.1 Å². The zero-order valence-corrected chi connectivity index (χ0v) is 14.5. The minimum Gasteiger partial charge on any atom is -0.457 e. The maximum Gasteiger partial charge on any atom is 0.375 e. The molecular formula is C20H16ClNO4. The third kappa shape index (κ3) is 4.52. The van der Waals surface area contributed by atoms with E-state index in [9.17, 15) is 9.59 Å². The van der Waals surface area contributed by atoms with E-state index in [0.29, 0.717) is 17.1 Å². The van der Waals surface area contributed by atoms with Crippen molar-refractivity contribution in [2.75, 3.05) is 0 Å². The van der Waals surface area contributed by atoms with E-state index in [4.69, 9.17) is 20.8 Å². The molecule has 0 bridgehead atoms. The Hall–Kier alpha value is -3.05. The molecule has 26 heavy (non-hydrogen) atoms. The van der Waals surface area contributed by atoms with E-state index in [1.807, 2.05) is 30.3 Å². The van der Waals surface area contributed by atoms with E-state index in [-0.39, 0.29) is 5.76 Å². The number of hydrogen-bond donors (Lipinski definition) is 1.